The predicted molar refractivity (Wildman–Crippen MR) is 118 cm³/mol. The first-order valence-electron chi connectivity index (χ1n) is 9.31. The van der Waals surface area contributed by atoms with E-state index in [2.05, 4.69) is 10.6 Å². The van der Waals surface area contributed by atoms with E-state index in [1.54, 1.807) is 29.2 Å². The molecule has 0 aromatic heterocycles. The summed E-state index contributed by atoms with van der Waals surface area (Å²) in [6, 6.07) is 10.6. The molecule has 0 spiro atoms. The molecule has 1 aliphatic heterocycles. The van der Waals surface area contributed by atoms with Gasteiger partial charge < -0.3 is 10.2 Å². The molecule has 0 atom stereocenters. The Kier molecular flexibility index (Phi) is 6.96. The molecular weight excluding hydrogens is 428 g/mol. The number of benzene rings is 2. The lowest BCUT2D eigenvalue weighted by atomic mass is 10.1. The zero-order valence-corrected chi connectivity index (χ0v) is 17.5. The number of halogens is 1. The molecular formula is C20H19ClN4O4S. The van der Waals surface area contributed by atoms with Gasteiger partial charge in [0.2, 0.25) is 0 Å². The number of hydrogen-bond acceptors (Lipinski definition) is 5. The van der Waals surface area contributed by atoms with Gasteiger partial charge in [-0.25, -0.2) is 0 Å². The minimum atomic E-state index is -0.669. The number of carbonyl (C=O) groups excluding carboxylic acids is 2. The maximum atomic E-state index is 12.9. The van der Waals surface area contributed by atoms with Gasteiger partial charge in [-0.05, 0) is 55.7 Å². The van der Waals surface area contributed by atoms with Crippen LogP contribution in [0.5, 0.6) is 0 Å². The van der Waals surface area contributed by atoms with Gasteiger partial charge in [0.15, 0.2) is 5.11 Å². The van der Waals surface area contributed by atoms with Crippen LogP contribution in [0.3, 0.4) is 0 Å². The van der Waals surface area contributed by atoms with Gasteiger partial charge in [-0.15, -0.1) is 0 Å². The zero-order chi connectivity index (χ0) is 21.7. The van der Waals surface area contributed by atoms with E-state index in [1.807, 2.05) is 0 Å². The summed E-state index contributed by atoms with van der Waals surface area (Å²) in [4.78, 5) is 37.4. The molecule has 2 aromatic carbocycles. The van der Waals surface area contributed by atoms with E-state index >= 15 is 0 Å². The molecule has 0 bridgehead atoms. The highest BCUT2D eigenvalue weighted by molar-refractivity contribution is 7.80. The van der Waals surface area contributed by atoms with Crippen molar-refractivity contribution in [3.8, 4) is 0 Å². The third-order valence-electron chi connectivity index (χ3n) is 4.68. The lowest BCUT2D eigenvalue weighted by Crippen LogP contribution is -2.37. The van der Waals surface area contributed by atoms with Crippen molar-refractivity contribution in [1.82, 2.24) is 10.2 Å². The van der Waals surface area contributed by atoms with Gasteiger partial charge in [0.1, 0.15) is 5.02 Å². The second kappa shape index (κ2) is 9.64. The Labute approximate surface area is 183 Å². The third kappa shape index (κ3) is 5.11. The first kappa shape index (κ1) is 21.7. The Morgan fingerprint density at radius 3 is 2.50 bits per heavy atom. The zero-order valence-electron chi connectivity index (χ0n) is 15.9. The molecule has 2 N–H and O–H groups in total. The van der Waals surface area contributed by atoms with E-state index in [9.17, 15) is 19.7 Å². The van der Waals surface area contributed by atoms with Crippen molar-refractivity contribution < 1.29 is 14.5 Å². The summed E-state index contributed by atoms with van der Waals surface area (Å²) < 4.78 is 0. The number of nitro benzene ring substituents is 1. The monoisotopic (exact) mass is 446 g/mol. The fourth-order valence-electron chi connectivity index (χ4n) is 3.17. The number of nitrogens with zero attached hydrogens (tertiary/aromatic N) is 2. The fourth-order valence-corrected chi connectivity index (χ4v) is 3.56. The van der Waals surface area contributed by atoms with E-state index in [0.717, 1.165) is 25.3 Å². The van der Waals surface area contributed by atoms with Gasteiger partial charge in [-0.2, -0.15) is 0 Å². The number of hydrogen-bond donors (Lipinski definition) is 2. The SMILES string of the molecule is O=C(NC(=S)Nc1ccccc1C(=O)N1CCCCC1)c1ccc(Cl)c([N+](=O)[O-])c1. The van der Waals surface area contributed by atoms with E-state index in [0.29, 0.717) is 24.3 Å². The topological polar surface area (TPSA) is 105 Å². The minimum absolute atomic E-state index is 0.0310. The van der Waals surface area contributed by atoms with Gasteiger partial charge >= 0.3 is 0 Å². The van der Waals surface area contributed by atoms with Crippen LogP contribution < -0.4 is 10.6 Å². The molecule has 0 saturated carbocycles. The van der Waals surface area contributed by atoms with Gasteiger partial charge in [0.05, 0.1) is 16.2 Å². The third-order valence-corrected chi connectivity index (χ3v) is 5.20. The van der Waals surface area contributed by atoms with Crippen LogP contribution in [0.4, 0.5) is 11.4 Å². The standard InChI is InChI=1S/C20H19ClN4O4S/c21-15-9-8-13(12-17(15)25(28)29)18(26)23-20(30)22-16-7-3-2-6-14(16)19(27)24-10-4-1-5-11-24/h2-3,6-9,12H,1,4-5,10-11H2,(H2,22,23,26,30). The van der Waals surface area contributed by atoms with E-state index in [1.165, 1.54) is 12.1 Å². The van der Waals surface area contributed by atoms with Crippen molar-refractivity contribution in [3.63, 3.8) is 0 Å². The molecule has 2 amide bonds. The maximum Gasteiger partial charge on any atom is 0.288 e. The Balaban J connectivity index is 1.71. The fraction of sp³-hybridized carbons (Fsp3) is 0.250. The van der Waals surface area contributed by atoms with Gasteiger partial charge in [-0.1, -0.05) is 23.7 Å². The predicted octanol–water partition coefficient (Wildman–Crippen LogP) is 4.00. The Morgan fingerprint density at radius 1 is 1.10 bits per heavy atom. The molecule has 156 valence electrons. The number of rotatable bonds is 4. The number of carbonyl (C=O) groups is 2. The number of anilines is 1. The summed E-state index contributed by atoms with van der Waals surface area (Å²) in [6.07, 6.45) is 3.06. The average molecular weight is 447 g/mol. The molecule has 8 nitrogen and oxygen atoms in total. The highest BCUT2D eigenvalue weighted by Crippen LogP contribution is 2.25. The average Bonchev–Trinajstić information content (AvgIpc) is 2.74. The second-order valence-electron chi connectivity index (χ2n) is 6.73. The number of nitrogens with one attached hydrogen (secondary N) is 2. The van der Waals surface area contributed by atoms with Crippen LogP contribution in [0, 0.1) is 10.1 Å². The van der Waals surface area contributed by atoms with Gasteiger partial charge in [-0.3, -0.25) is 25.0 Å². The van der Waals surface area contributed by atoms with E-state index in [-0.39, 0.29) is 27.3 Å². The van der Waals surface area contributed by atoms with Crippen LogP contribution in [0.15, 0.2) is 42.5 Å². The molecule has 2 aromatic rings. The molecule has 1 saturated heterocycles. The summed E-state index contributed by atoms with van der Waals surface area (Å²) >= 11 is 11.0. The number of nitro groups is 1. The highest BCUT2D eigenvalue weighted by Gasteiger charge is 2.21. The molecule has 0 aliphatic carbocycles. The van der Waals surface area contributed by atoms with Gasteiger partial charge in [0, 0.05) is 24.7 Å². The molecule has 10 heteroatoms. The summed E-state index contributed by atoms with van der Waals surface area (Å²) in [5.74, 6) is -0.729. The van der Waals surface area contributed by atoms with Crippen LogP contribution in [0.1, 0.15) is 40.0 Å². The molecule has 1 aliphatic rings. The Morgan fingerprint density at radius 2 is 1.80 bits per heavy atom. The van der Waals surface area contributed by atoms with Crippen molar-refractivity contribution in [2.24, 2.45) is 0 Å². The van der Waals surface area contributed by atoms with E-state index in [4.69, 9.17) is 23.8 Å². The molecule has 0 unspecified atom stereocenters. The lowest BCUT2D eigenvalue weighted by Gasteiger charge is -2.27. The molecule has 1 fully saturated rings. The van der Waals surface area contributed by atoms with Crippen molar-refractivity contribution in [1.29, 1.82) is 0 Å². The van der Waals surface area contributed by atoms with Crippen LogP contribution >= 0.6 is 23.8 Å². The Hall–Kier alpha value is -3.04. The molecule has 1 heterocycles. The summed E-state index contributed by atoms with van der Waals surface area (Å²) in [7, 11) is 0. The first-order valence-corrected chi connectivity index (χ1v) is 10.1. The largest absolute Gasteiger partial charge is 0.339 e. The van der Waals surface area contributed by atoms with Crippen molar-refractivity contribution in [2.75, 3.05) is 18.4 Å². The number of amides is 2. The normalized spacial score (nSPS) is 13.4. The number of thiocarbonyl (C=S) groups is 1. The lowest BCUT2D eigenvalue weighted by molar-refractivity contribution is -0.384. The minimum Gasteiger partial charge on any atom is -0.339 e. The van der Waals surface area contributed by atoms with Gasteiger partial charge in [0.25, 0.3) is 17.5 Å². The van der Waals surface area contributed by atoms with Crippen LogP contribution in [-0.2, 0) is 0 Å². The smallest absolute Gasteiger partial charge is 0.288 e. The van der Waals surface area contributed by atoms with E-state index < -0.39 is 10.8 Å². The van der Waals surface area contributed by atoms with Crippen LogP contribution in [0.25, 0.3) is 0 Å². The molecule has 0 radical (unpaired) electrons. The quantitative estimate of drug-likeness (QED) is 0.418. The maximum absolute atomic E-state index is 12.9. The summed E-state index contributed by atoms with van der Waals surface area (Å²) in [5.41, 5.74) is 0.590. The summed E-state index contributed by atoms with van der Waals surface area (Å²) in [6.45, 7) is 1.42. The Bertz CT molecular complexity index is 1010. The molecule has 3 rings (SSSR count). The number of likely N-dealkylation sites (tertiary alicyclic amines) is 1. The summed E-state index contributed by atoms with van der Waals surface area (Å²) in [5, 5.41) is 16.2. The number of piperidine rings is 1. The van der Waals surface area contributed by atoms with Crippen molar-refractivity contribution in [3.05, 3.63) is 68.7 Å². The van der Waals surface area contributed by atoms with Crippen molar-refractivity contribution >= 4 is 52.1 Å². The van der Waals surface area contributed by atoms with Crippen LogP contribution in [-0.4, -0.2) is 39.8 Å². The first-order chi connectivity index (χ1) is 14.4. The highest BCUT2D eigenvalue weighted by atomic mass is 35.5. The number of para-hydroxylation sites is 1. The van der Waals surface area contributed by atoms with Crippen molar-refractivity contribution in [2.45, 2.75) is 19.3 Å². The van der Waals surface area contributed by atoms with Crippen LogP contribution in [0.2, 0.25) is 5.02 Å². The second-order valence-corrected chi connectivity index (χ2v) is 7.55. The molecule has 30 heavy (non-hydrogen) atoms.